The van der Waals surface area contributed by atoms with Crippen molar-refractivity contribution in [3.8, 4) is 0 Å². The zero-order valence-electron chi connectivity index (χ0n) is 11.0. The normalized spacial score (nSPS) is 20.6. The molecule has 0 spiro atoms. The molecule has 0 bridgehead atoms. The van der Waals surface area contributed by atoms with Crippen molar-refractivity contribution in [2.75, 3.05) is 13.6 Å². The van der Waals surface area contributed by atoms with Gasteiger partial charge in [-0.25, -0.2) is 0 Å². The molecule has 0 aliphatic heterocycles. The molecular formula is C13H25NO2. The molecule has 1 saturated carbocycles. The SMILES string of the molecule is CN(CC(C)(C)O)C(=O)C1(C)CCCCC1. The van der Waals surface area contributed by atoms with Crippen LogP contribution in [-0.4, -0.2) is 35.1 Å². The summed E-state index contributed by atoms with van der Waals surface area (Å²) in [5.41, 5.74) is -1.01. The highest BCUT2D eigenvalue weighted by molar-refractivity contribution is 5.82. The molecule has 1 aliphatic carbocycles. The van der Waals surface area contributed by atoms with E-state index in [1.165, 1.54) is 6.42 Å². The van der Waals surface area contributed by atoms with Crippen molar-refractivity contribution in [2.24, 2.45) is 5.41 Å². The smallest absolute Gasteiger partial charge is 0.228 e. The van der Waals surface area contributed by atoms with Gasteiger partial charge in [0, 0.05) is 19.0 Å². The lowest BCUT2D eigenvalue weighted by Crippen LogP contribution is -2.46. The molecule has 0 heterocycles. The van der Waals surface area contributed by atoms with Crippen LogP contribution < -0.4 is 0 Å². The van der Waals surface area contributed by atoms with E-state index in [2.05, 4.69) is 6.92 Å². The minimum Gasteiger partial charge on any atom is -0.389 e. The van der Waals surface area contributed by atoms with E-state index >= 15 is 0 Å². The van der Waals surface area contributed by atoms with Gasteiger partial charge in [-0.1, -0.05) is 26.2 Å². The van der Waals surface area contributed by atoms with Gasteiger partial charge in [-0.2, -0.15) is 0 Å². The molecule has 16 heavy (non-hydrogen) atoms. The number of nitrogens with zero attached hydrogens (tertiary/aromatic N) is 1. The maximum atomic E-state index is 12.3. The fourth-order valence-corrected chi connectivity index (χ4v) is 2.66. The van der Waals surface area contributed by atoms with Gasteiger partial charge in [-0.15, -0.1) is 0 Å². The summed E-state index contributed by atoms with van der Waals surface area (Å²) in [5.74, 6) is 0.189. The molecule has 3 nitrogen and oxygen atoms in total. The Kier molecular flexibility index (Phi) is 4.00. The maximum absolute atomic E-state index is 12.3. The summed E-state index contributed by atoms with van der Waals surface area (Å²) >= 11 is 0. The third-order valence-corrected chi connectivity index (χ3v) is 3.44. The maximum Gasteiger partial charge on any atom is 0.228 e. The van der Waals surface area contributed by atoms with Crippen LogP contribution in [0.5, 0.6) is 0 Å². The average Bonchev–Trinajstić information content (AvgIpc) is 2.15. The largest absolute Gasteiger partial charge is 0.389 e. The van der Waals surface area contributed by atoms with Crippen molar-refractivity contribution in [3.05, 3.63) is 0 Å². The van der Waals surface area contributed by atoms with E-state index in [-0.39, 0.29) is 11.3 Å². The molecule has 3 heteroatoms. The van der Waals surface area contributed by atoms with Gasteiger partial charge in [0.05, 0.1) is 5.60 Å². The number of aliphatic hydroxyl groups is 1. The Balaban J connectivity index is 2.62. The zero-order chi connectivity index (χ0) is 12.4. The fourth-order valence-electron chi connectivity index (χ4n) is 2.66. The lowest BCUT2D eigenvalue weighted by molar-refractivity contribution is -0.144. The first-order valence-electron chi connectivity index (χ1n) is 6.23. The molecule has 94 valence electrons. The van der Waals surface area contributed by atoms with Crippen LogP contribution in [0.2, 0.25) is 0 Å². The lowest BCUT2D eigenvalue weighted by Gasteiger charge is -2.37. The van der Waals surface area contributed by atoms with E-state index in [1.54, 1.807) is 25.8 Å². The summed E-state index contributed by atoms with van der Waals surface area (Å²) in [7, 11) is 1.79. The van der Waals surface area contributed by atoms with Crippen molar-refractivity contribution in [1.29, 1.82) is 0 Å². The molecule has 1 rings (SSSR count). The molecule has 1 amide bonds. The highest BCUT2D eigenvalue weighted by Crippen LogP contribution is 2.37. The Hall–Kier alpha value is -0.570. The van der Waals surface area contributed by atoms with Gasteiger partial charge in [-0.3, -0.25) is 4.79 Å². The lowest BCUT2D eigenvalue weighted by atomic mass is 9.74. The van der Waals surface area contributed by atoms with Crippen LogP contribution >= 0.6 is 0 Å². The van der Waals surface area contributed by atoms with Crippen LogP contribution in [0.3, 0.4) is 0 Å². The first-order chi connectivity index (χ1) is 7.25. The summed E-state index contributed by atoms with van der Waals surface area (Å²) < 4.78 is 0. The molecule has 1 fully saturated rings. The molecule has 0 atom stereocenters. The first kappa shape index (κ1) is 13.5. The van der Waals surface area contributed by atoms with Crippen molar-refractivity contribution < 1.29 is 9.90 Å². The third-order valence-electron chi connectivity index (χ3n) is 3.44. The zero-order valence-corrected chi connectivity index (χ0v) is 11.0. The van der Waals surface area contributed by atoms with Crippen LogP contribution in [0.15, 0.2) is 0 Å². The van der Waals surface area contributed by atoms with Crippen LogP contribution in [0.25, 0.3) is 0 Å². The van der Waals surface area contributed by atoms with Crippen LogP contribution in [-0.2, 0) is 4.79 Å². The molecule has 0 unspecified atom stereocenters. The first-order valence-corrected chi connectivity index (χ1v) is 6.23. The van der Waals surface area contributed by atoms with E-state index in [9.17, 15) is 9.90 Å². The van der Waals surface area contributed by atoms with Gasteiger partial charge < -0.3 is 10.0 Å². The number of carbonyl (C=O) groups is 1. The van der Waals surface area contributed by atoms with E-state index in [0.717, 1.165) is 25.7 Å². The van der Waals surface area contributed by atoms with Gasteiger partial charge in [0.1, 0.15) is 0 Å². The van der Waals surface area contributed by atoms with E-state index in [0.29, 0.717) is 6.54 Å². The standard InChI is InChI=1S/C13H25NO2/c1-12(2,16)10-14(4)11(15)13(3)8-6-5-7-9-13/h16H,5-10H2,1-4H3. The third kappa shape index (κ3) is 3.48. The number of likely N-dealkylation sites (N-methyl/N-ethyl adjacent to an activating group) is 1. The second-order valence-electron chi connectivity index (χ2n) is 6.09. The topological polar surface area (TPSA) is 40.5 Å². The summed E-state index contributed by atoms with van der Waals surface area (Å²) in [6.07, 6.45) is 5.53. The Bertz CT molecular complexity index is 249. The average molecular weight is 227 g/mol. The predicted molar refractivity (Wildman–Crippen MR) is 65.1 cm³/mol. The summed E-state index contributed by atoms with van der Waals surface area (Å²) in [6, 6.07) is 0. The molecule has 1 N–H and O–H groups in total. The van der Waals surface area contributed by atoms with E-state index in [4.69, 9.17) is 0 Å². The van der Waals surface area contributed by atoms with E-state index < -0.39 is 5.60 Å². The van der Waals surface area contributed by atoms with Crippen molar-refractivity contribution in [1.82, 2.24) is 4.90 Å². The van der Waals surface area contributed by atoms with Gasteiger partial charge >= 0.3 is 0 Å². The Labute approximate surface area is 98.8 Å². The monoisotopic (exact) mass is 227 g/mol. The van der Waals surface area contributed by atoms with Crippen molar-refractivity contribution in [2.45, 2.75) is 58.5 Å². The predicted octanol–water partition coefficient (Wildman–Crippen LogP) is 2.19. The minimum absolute atomic E-state index is 0.189. The van der Waals surface area contributed by atoms with E-state index in [1.807, 2.05) is 0 Å². The minimum atomic E-state index is -0.810. The highest BCUT2D eigenvalue weighted by atomic mass is 16.3. The van der Waals surface area contributed by atoms with Gasteiger partial charge in [0.15, 0.2) is 0 Å². The molecule has 0 saturated heterocycles. The number of rotatable bonds is 3. The Morgan fingerprint density at radius 3 is 2.25 bits per heavy atom. The summed E-state index contributed by atoms with van der Waals surface area (Å²) in [6.45, 7) is 5.94. The fraction of sp³-hybridized carbons (Fsp3) is 0.923. The molecule has 1 aliphatic rings. The number of carbonyl (C=O) groups excluding carboxylic acids is 1. The molecular weight excluding hydrogens is 202 g/mol. The van der Waals surface area contributed by atoms with Crippen LogP contribution in [0.4, 0.5) is 0 Å². The van der Waals surface area contributed by atoms with Gasteiger partial charge in [0.2, 0.25) is 5.91 Å². The second kappa shape index (κ2) is 4.74. The Morgan fingerprint density at radius 1 is 1.31 bits per heavy atom. The number of hydrogen-bond donors (Lipinski definition) is 1. The molecule has 0 aromatic rings. The molecule has 0 radical (unpaired) electrons. The van der Waals surface area contributed by atoms with Crippen LogP contribution in [0.1, 0.15) is 52.9 Å². The summed E-state index contributed by atoms with van der Waals surface area (Å²) in [4.78, 5) is 14.0. The van der Waals surface area contributed by atoms with Crippen molar-refractivity contribution >= 4 is 5.91 Å². The van der Waals surface area contributed by atoms with Crippen LogP contribution in [0, 0.1) is 5.41 Å². The quantitative estimate of drug-likeness (QED) is 0.803. The Morgan fingerprint density at radius 2 is 1.81 bits per heavy atom. The number of hydrogen-bond acceptors (Lipinski definition) is 2. The van der Waals surface area contributed by atoms with Gasteiger partial charge in [-0.05, 0) is 26.7 Å². The van der Waals surface area contributed by atoms with Crippen molar-refractivity contribution in [3.63, 3.8) is 0 Å². The highest BCUT2D eigenvalue weighted by Gasteiger charge is 2.37. The summed E-state index contributed by atoms with van der Waals surface area (Å²) in [5, 5.41) is 9.73. The molecule has 0 aromatic carbocycles. The second-order valence-corrected chi connectivity index (χ2v) is 6.09. The molecule has 0 aromatic heterocycles. The van der Waals surface area contributed by atoms with Gasteiger partial charge in [0.25, 0.3) is 0 Å². The number of amides is 1.